The van der Waals surface area contributed by atoms with E-state index >= 15 is 0 Å². The minimum atomic E-state index is 0.435. The lowest BCUT2D eigenvalue weighted by Crippen LogP contribution is -2.00. The van der Waals surface area contributed by atoms with Crippen molar-refractivity contribution in [3.8, 4) is 0 Å². The molecule has 0 saturated heterocycles. The predicted octanol–water partition coefficient (Wildman–Crippen LogP) is 0.274. The smallest absolute Gasteiger partial charge is 0.185 e. The van der Waals surface area contributed by atoms with Gasteiger partial charge >= 0.3 is 0 Å². The molecule has 0 fully saturated rings. The molecule has 0 saturated carbocycles. The van der Waals surface area contributed by atoms with E-state index in [1.54, 1.807) is 24.9 Å². The largest absolute Gasteiger partial charge is 0.373 e. The number of aldehydes is 1. The maximum atomic E-state index is 10.2. The summed E-state index contributed by atoms with van der Waals surface area (Å²) in [4.78, 5) is 14.1. The lowest BCUT2D eigenvalue weighted by Gasteiger charge is -1.99. The topological polar surface area (TPSA) is 46.9 Å². The van der Waals surface area contributed by atoms with Gasteiger partial charge in [0, 0.05) is 14.1 Å². The van der Waals surface area contributed by atoms with Crippen LogP contribution in [0.5, 0.6) is 0 Å². The Hall–Kier alpha value is -1.32. The van der Waals surface area contributed by atoms with Crippen LogP contribution >= 0.6 is 0 Å². The third kappa shape index (κ3) is 0.877. The minimum absolute atomic E-state index is 0.435. The zero-order valence-corrected chi connectivity index (χ0v) is 5.96. The fourth-order valence-electron chi connectivity index (χ4n) is 0.766. The number of carbonyl (C=O) groups is 1. The van der Waals surface area contributed by atoms with Crippen LogP contribution in [0.2, 0.25) is 0 Å². The molecule has 4 heteroatoms. The Balaban J connectivity index is 3.08. The molecule has 54 valence electrons. The average Bonchev–Trinajstić information content (AvgIpc) is 2.30. The molecule has 0 aliphatic carbocycles. The highest BCUT2D eigenvalue weighted by Crippen LogP contribution is 2.04. The number of hydrogen-bond donors (Lipinski definition) is 1. The number of rotatable bonds is 2. The second-order valence-electron chi connectivity index (χ2n) is 1.93. The van der Waals surface area contributed by atoms with Crippen molar-refractivity contribution in [2.75, 3.05) is 12.4 Å². The molecule has 4 nitrogen and oxygen atoms in total. The van der Waals surface area contributed by atoms with Crippen LogP contribution in [-0.2, 0) is 7.05 Å². The van der Waals surface area contributed by atoms with E-state index in [1.165, 1.54) is 0 Å². The van der Waals surface area contributed by atoms with Crippen LogP contribution in [0.4, 0.5) is 5.82 Å². The van der Waals surface area contributed by atoms with Crippen LogP contribution in [0.25, 0.3) is 0 Å². The number of hydrogen-bond acceptors (Lipinski definition) is 3. The highest BCUT2D eigenvalue weighted by Gasteiger charge is 2.00. The number of imidazole rings is 1. The van der Waals surface area contributed by atoms with Crippen molar-refractivity contribution in [1.29, 1.82) is 0 Å². The Morgan fingerprint density at radius 2 is 2.50 bits per heavy atom. The Labute approximate surface area is 58.9 Å². The van der Waals surface area contributed by atoms with Crippen molar-refractivity contribution in [3.05, 3.63) is 12.0 Å². The van der Waals surface area contributed by atoms with Gasteiger partial charge in [-0.2, -0.15) is 0 Å². The molecule has 0 radical (unpaired) electrons. The monoisotopic (exact) mass is 139 g/mol. The summed E-state index contributed by atoms with van der Waals surface area (Å²) in [6, 6.07) is 0. The third-order valence-corrected chi connectivity index (χ3v) is 1.39. The van der Waals surface area contributed by atoms with E-state index in [9.17, 15) is 4.79 Å². The Morgan fingerprint density at radius 1 is 1.80 bits per heavy atom. The van der Waals surface area contributed by atoms with Crippen LogP contribution in [0.15, 0.2) is 6.20 Å². The number of aromatic nitrogens is 2. The fraction of sp³-hybridized carbons (Fsp3) is 0.333. The van der Waals surface area contributed by atoms with Crippen LogP contribution in [0.1, 0.15) is 10.6 Å². The molecule has 0 unspecified atom stereocenters. The van der Waals surface area contributed by atoms with Gasteiger partial charge in [0.25, 0.3) is 0 Å². The number of nitrogens with one attached hydrogen (secondary N) is 1. The molecule has 0 amide bonds. The molecule has 0 aliphatic rings. The van der Waals surface area contributed by atoms with E-state index in [4.69, 9.17) is 0 Å². The molecule has 0 aliphatic heterocycles. The second kappa shape index (κ2) is 2.51. The summed E-state index contributed by atoms with van der Waals surface area (Å²) >= 11 is 0. The van der Waals surface area contributed by atoms with Gasteiger partial charge < -0.3 is 9.88 Å². The van der Waals surface area contributed by atoms with E-state index in [2.05, 4.69) is 10.3 Å². The van der Waals surface area contributed by atoms with E-state index in [1.807, 2.05) is 0 Å². The zero-order chi connectivity index (χ0) is 7.56. The van der Waals surface area contributed by atoms with Gasteiger partial charge in [-0.3, -0.25) is 4.79 Å². The van der Waals surface area contributed by atoms with Gasteiger partial charge in [-0.05, 0) is 0 Å². The Bertz CT molecular complexity index is 241. The van der Waals surface area contributed by atoms with Gasteiger partial charge in [-0.1, -0.05) is 0 Å². The number of nitrogens with zero attached hydrogens (tertiary/aromatic N) is 2. The Morgan fingerprint density at radius 3 is 2.80 bits per heavy atom. The van der Waals surface area contributed by atoms with E-state index in [-0.39, 0.29) is 0 Å². The molecule has 0 spiro atoms. The van der Waals surface area contributed by atoms with Crippen molar-refractivity contribution >= 4 is 12.1 Å². The second-order valence-corrected chi connectivity index (χ2v) is 1.93. The van der Waals surface area contributed by atoms with E-state index < -0.39 is 0 Å². The van der Waals surface area contributed by atoms with Crippen LogP contribution < -0.4 is 5.32 Å². The van der Waals surface area contributed by atoms with Crippen LogP contribution in [0.3, 0.4) is 0 Å². The van der Waals surface area contributed by atoms with Crippen molar-refractivity contribution in [2.24, 2.45) is 7.05 Å². The van der Waals surface area contributed by atoms with Crippen LogP contribution in [-0.4, -0.2) is 22.9 Å². The first-order valence-electron chi connectivity index (χ1n) is 2.94. The van der Waals surface area contributed by atoms with Gasteiger partial charge in [-0.25, -0.2) is 4.98 Å². The molecule has 10 heavy (non-hydrogen) atoms. The molecular formula is C6H9N3O. The molecule has 0 aromatic carbocycles. The maximum absolute atomic E-state index is 10.2. The first-order chi connectivity index (χ1) is 4.79. The highest BCUT2D eigenvalue weighted by atomic mass is 16.1. The molecule has 1 N–H and O–H groups in total. The highest BCUT2D eigenvalue weighted by molar-refractivity contribution is 5.70. The normalized spacial score (nSPS) is 9.40. The summed E-state index contributed by atoms with van der Waals surface area (Å²) in [6.07, 6.45) is 2.34. The minimum Gasteiger partial charge on any atom is -0.373 e. The SMILES string of the molecule is CNc1cnc(C=O)n1C. The van der Waals surface area contributed by atoms with Crippen molar-refractivity contribution < 1.29 is 4.79 Å². The zero-order valence-electron chi connectivity index (χ0n) is 5.96. The van der Waals surface area contributed by atoms with Gasteiger partial charge in [0.1, 0.15) is 5.82 Å². The molecule has 0 atom stereocenters. The molecular weight excluding hydrogens is 130 g/mol. The van der Waals surface area contributed by atoms with Gasteiger partial charge in [0.05, 0.1) is 6.20 Å². The third-order valence-electron chi connectivity index (χ3n) is 1.39. The maximum Gasteiger partial charge on any atom is 0.185 e. The molecule has 1 aromatic rings. The van der Waals surface area contributed by atoms with Gasteiger partial charge in [0.15, 0.2) is 12.1 Å². The van der Waals surface area contributed by atoms with Gasteiger partial charge in [0.2, 0.25) is 0 Å². The quantitative estimate of drug-likeness (QED) is 0.598. The number of carbonyl (C=O) groups excluding carboxylic acids is 1. The van der Waals surface area contributed by atoms with Gasteiger partial charge in [-0.15, -0.1) is 0 Å². The summed E-state index contributed by atoms with van der Waals surface area (Å²) < 4.78 is 1.69. The average molecular weight is 139 g/mol. The van der Waals surface area contributed by atoms with E-state index in [0.29, 0.717) is 5.82 Å². The molecule has 1 rings (SSSR count). The standard InChI is InChI=1S/C6H9N3O/c1-7-5-3-8-6(4-10)9(5)2/h3-4,7H,1-2H3. The fourth-order valence-corrected chi connectivity index (χ4v) is 0.766. The van der Waals surface area contributed by atoms with Crippen molar-refractivity contribution in [1.82, 2.24) is 9.55 Å². The summed E-state index contributed by atoms with van der Waals surface area (Å²) in [5.41, 5.74) is 0. The predicted molar refractivity (Wildman–Crippen MR) is 38.1 cm³/mol. The van der Waals surface area contributed by atoms with E-state index in [0.717, 1.165) is 12.1 Å². The summed E-state index contributed by atoms with van der Waals surface area (Å²) in [6.45, 7) is 0. The molecule has 1 heterocycles. The Kier molecular flexibility index (Phi) is 1.71. The molecule has 0 bridgehead atoms. The molecule has 1 aromatic heterocycles. The van der Waals surface area contributed by atoms with Crippen LogP contribution in [0, 0.1) is 0 Å². The lowest BCUT2D eigenvalue weighted by atomic mass is 10.7. The van der Waals surface area contributed by atoms with Crippen molar-refractivity contribution in [2.45, 2.75) is 0 Å². The number of anilines is 1. The summed E-state index contributed by atoms with van der Waals surface area (Å²) in [5.74, 6) is 1.27. The summed E-state index contributed by atoms with van der Waals surface area (Å²) in [5, 5.41) is 2.89. The lowest BCUT2D eigenvalue weighted by molar-refractivity contribution is 0.111. The first kappa shape index (κ1) is 6.80. The van der Waals surface area contributed by atoms with Crippen molar-refractivity contribution in [3.63, 3.8) is 0 Å². The first-order valence-corrected chi connectivity index (χ1v) is 2.94. The summed E-state index contributed by atoms with van der Waals surface area (Å²) in [7, 11) is 3.56.